The molecule has 0 aromatic rings. The zero-order valence-electron chi connectivity index (χ0n) is 38.1. The summed E-state index contributed by atoms with van der Waals surface area (Å²) in [6, 6.07) is -0.558. The van der Waals surface area contributed by atoms with E-state index in [1.54, 1.807) is 0 Å². The lowest BCUT2D eigenvalue weighted by Crippen LogP contribution is -2.45. The zero-order valence-corrected chi connectivity index (χ0v) is 38.1. The average Bonchev–Trinajstić information content (AvgIpc) is 3.21. The monoisotopic (exact) mass is 804 g/mol. The van der Waals surface area contributed by atoms with E-state index in [4.69, 9.17) is 4.74 Å². The van der Waals surface area contributed by atoms with E-state index in [-0.39, 0.29) is 18.5 Å². The smallest absolute Gasteiger partial charge is 0.305 e. The van der Waals surface area contributed by atoms with E-state index in [1.165, 1.54) is 161 Å². The summed E-state index contributed by atoms with van der Waals surface area (Å²) in [5, 5.41) is 23.2. The number of carbonyl (C=O) groups excluding carboxylic acids is 2. The molecule has 0 aliphatic carbocycles. The van der Waals surface area contributed by atoms with Crippen molar-refractivity contribution in [3.63, 3.8) is 0 Å². The van der Waals surface area contributed by atoms with Crippen molar-refractivity contribution in [1.82, 2.24) is 5.32 Å². The van der Waals surface area contributed by atoms with Gasteiger partial charge in [0.15, 0.2) is 0 Å². The number of amides is 1. The van der Waals surface area contributed by atoms with Gasteiger partial charge in [0.2, 0.25) is 5.91 Å². The molecule has 2 unspecified atom stereocenters. The highest BCUT2D eigenvalue weighted by atomic mass is 16.5. The first-order valence-corrected chi connectivity index (χ1v) is 25.1. The summed E-state index contributed by atoms with van der Waals surface area (Å²) in [4.78, 5) is 24.5. The van der Waals surface area contributed by atoms with Crippen molar-refractivity contribution in [1.29, 1.82) is 0 Å². The minimum atomic E-state index is -0.679. The molecular weight excluding hydrogens is 707 g/mol. The van der Waals surface area contributed by atoms with E-state index in [0.29, 0.717) is 25.9 Å². The Morgan fingerprint density at radius 2 is 0.877 bits per heavy atom. The van der Waals surface area contributed by atoms with Gasteiger partial charge in [-0.25, -0.2) is 0 Å². The van der Waals surface area contributed by atoms with E-state index < -0.39 is 12.1 Å². The van der Waals surface area contributed by atoms with Gasteiger partial charge in [0.1, 0.15) is 0 Å². The van der Waals surface area contributed by atoms with Crippen LogP contribution in [0.5, 0.6) is 0 Å². The topological polar surface area (TPSA) is 95.9 Å². The second-order valence-electron chi connectivity index (χ2n) is 17.1. The first kappa shape index (κ1) is 55.3. The van der Waals surface area contributed by atoms with Crippen LogP contribution < -0.4 is 5.32 Å². The maximum atomic E-state index is 12.4. The molecule has 2 atom stereocenters. The Hall–Kier alpha value is -1.66. The van der Waals surface area contributed by atoms with Gasteiger partial charge < -0.3 is 20.3 Å². The average molecular weight is 804 g/mol. The number of aliphatic hydroxyl groups excluding tert-OH is 2. The molecule has 6 nitrogen and oxygen atoms in total. The Labute approximate surface area is 354 Å². The van der Waals surface area contributed by atoms with E-state index in [0.717, 1.165) is 70.6 Å². The number of rotatable bonds is 46. The predicted octanol–water partition coefficient (Wildman–Crippen LogP) is 14.7. The van der Waals surface area contributed by atoms with E-state index in [9.17, 15) is 19.8 Å². The fraction of sp³-hybridized carbons (Fsp3) is 0.882. The van der Waals surface area contributed by atoms with Crippen molar-refractivity contribution in [3.05, 3.63) is 24.3 Å². The van der Waals surface area contributed by atoms with Crippen molar-refractivity contribution in [3.8, 4) is 0 Å². The Morgan fingerprint density at radius 1 is 0.491 bits per heavy atom. The standard InChI is InChI=1S/C51H97NO5/c1-3-5-7-9-11-13-15-17-19-21-23-27-31-35-39-43-49(54)48(47-53)52-50(55)44-40-36-32-28-25-26-30-34-38-42-46-57-51(56)45-41-37-33-29-24-22-20-18-16-14-12-10-8-6-4-2/h12,14,18,20,48-49,53-54H,3-11,13,15-17,19,21-47H2,1-2H3,(H,52,55)/b14-12-,20-18-. The number of allylic oxidation sites excluding steroid dienone is 4. The SMILES string of the molecule is CCCCC/C=C\C/C=C\CCCCCCCC(=O)OCCCCCCCCCCCCC(=O)NC(CO)C(O)CCCCCCCCCCCCCCCCC. The Kier molecular flexibility index (Phi) is 45.7. The number of ether oxygens (including phenoxy) is 1. The van der Waals surface area contributed by atoms with E-state index in [1.807, 2.05) is 0 Å². The van der Waals surface area contributed by atoms with Crippen molar-refractivity contribution in [2.75, 3.05) is 13.2 Å². The summed E-state index contributed by atoms with van der Waals surface area (Å²) in [5.41, 5.74) is 0. The number of unbranched alkanes of at least 4 members (excludes halogenated alkanes) is 31. The van der Waals surface area contributed by atoms with Crippen LogP contribution in [-0.2, 0) is 14.3 Å². The number of esters is 1. The molecule has 0 rings (SSSR count). The second kappa shape index (κ2) is 47.0. The zero-order chi connectivity index (χ0) is 41.5. The lowest BCUT2D eigenvalue weighted by Gasteiger charge is -2.22. The lowest BCUT2D eigenvalue weighted by molar-refractivity contribution is -0.143. The van der Waals surface area contributed by atoms with E-state index >= 15 is 0 Å². The van der Waals surface area contributed by atoms with Gasteiger partial charge in [0.05, 0.1) is 25.4 Å². The normalized spacial score (nSPS) is 12.8. The first-order valence-electron chi connectivity index (χ1n) is 25.1. The maximum absolute atomic E-state index is 12.4. The molecule has 57 heavy (non-hydrogen) atoms. The van der Waals surface area contributed by atoms with Gasteiger partial charge in [-0.15, -0.1) is 0 Å². The molecule has 3 N–H and O–H groups in total. The Balaban J connectivity index is 3.50. The van der Waals surface area contributed by atoms with Crippen molar-refractivity contribution >= 4 is 11.9 Å². The molecule has 0 saturated heterocycles. The van der Waals surface area contributed by atoms with Gasteiger partial charge in [-0.1, -0.05) is 218 Å². The molecule has 336 valence electrons. The van der Waals surface area contributed by atoms with Crippen LogP contribution in [0, 0.1) is 0 Å². The summed E-state index contributed by atoms with van der Waals surface area (Å²) >= 11 is 0. The van der Waals surface area contributed by atoms with Crippen LogP contribution in [0.4, 0.5) is 0 Å². The molecule has 0 radical (unpaired) electrons. The van der Waals surface area contributed by atoms with Crippen LogP contribution in [0.2, 0.25) is 0 Å². The molecule has 0 aromatic heterocycles. The van der Waals surface area contributed by atoms with Gasteiger partial charge in [-0.3, -0.25) is 9.59 Å². The maximum Gasteiger partial charge on any atom is 0.305 e. The largest absolute Gasteiger partial charge is 0.466 e. The molecule has 1 amide bonds. The van der Waals surface area contributed by atoms with Crippen LogP contribution in [0.15, 0.2) is 24.3 Å². The highest BCUT2D eigenvalue weighted by Gasteiger charge is 2.20. The number of hydrogen-bond acceptors (Lipinski definition) is 5. The minimum absolute atomic E-state index is 0.0328. The van der Waals surface area contributed by atoms with Crippen molar-refractivity contribution in [2.24, 2.45) is 0 Å². The number of nitrogens with one attached hydrogen (secondary N) is 1. The fourth-order valence-corrected chi connectivity index (χ4v) is 7.61. The quantitative estimate of drug-likeness (QED) is 0.0324. The van der Waals surface area contributed by atoms with Gasteiger partial charge >= 0.3 is 5.97 Å². The van der Waals surface area contributed by atoms with Crippen LogP contribution >= 0.6 is 0 Å². The Bertz CT molecular complexity index is 889. The summed E-state index contributed by atoms with van der Waals surface area (Å²) in [6.45, 7) is 4.87. The summed E-state index contributed by atoms with van der Waals surface area (Å²) in [5.74, 6) is -0.0913. The van der Waals surface area contributed by atoms with Crippen LogP contribution in [0.1, 0.15) is 264 Å². The molecule has 0 aliphatic heterocycles. The lowest BCUT2D eigenvalue weighted by atomic mass is 10.0. The molecular formula is C51H97NO5. The van der Waals surface area contributed by atoms with Crippen LogP contribution in [-0.4, -0.2) is 47.4 Å². The van der Waals surface area contributed by atoms with E-state index in [2.05, 4.69) is 43.5 Å². The van der Waals surface area contributed by atoms with Crippen LogP contribution in [0.3, 0.4) is 0 Å². The molecule has 0 saturated carbocycles. The van der Waals surface area contributed by atoms with Gasteiger partial charge in [-0.05, 0) is 57.8 Å². The highest BCUT2D eigenvalue weighted by molar-refractivity contribution is 5.76. The minimum Gasteiger partial charge on any atom is -0.466 e. The Morgan fingerprint density at radius 3 is 1.37 bits per heavy atom. The molecule has 0 aromatic carbocycles. The molecule has 0 spiro atoms. The van der Waals surface area contributed by atoms with Crippen LogP contribution in [0.25, 0.3) is 0 Å². The van der Waals surface area contributed by atoms with Crippen molar-refractivity contribution in [2.45, 2.75) is 276 Å². The van der Waals surface area contributed by atoms with Gasteiger partial charge in [-0.2, -0.15) is 0 Å². The number of hydrogen-bond donors (Lipinski definition) is 3. The third-order valence-corrected chi connectivity index (χ3v) is 11.5. The predicted molar refractivity (Wildman–Crippen MR) is 246 cm³/mol. The summed E-state index contributed by atoms with van der Waals surface area (Å²) < 4.78 is 5.44. The highest BCUT2D eigenvalue weighted by Crippen LogP contribution is 2.16. The molecule has 0 fully saturated rings. The summed E-state index contributed by atoms with van der Waals surface area (Å²) in [6.07, 6.45) is 54.2. The first-order chi connectivity index (χ1) is 28.0. The molecule has 0 aliphatic rings. The van der Waals surface area contributed by atoms with Crippen molar-refractivity contribution < 1.29 is 24.5 Å². The number of carbonyl (C=O) groups is 2. The summed E-state index contributed by atoms with van der Waals surface area (Å²) in [7, 11) is 0. The molecule has 6 heteroatoms. The third-order valence-electron chi connectivity index (χ3n) is 11.5. The third kappa shape index (κ3) is 43.7. The second-order valence-corrected chi connectivity index (χ2v) is 17.1. The fourth-order valence-electron chi connectivity index (χ4n) is 7.61. The van der Waals surface area contributed by atoms with Gasteiger partial charge in [0, 0.05) is 12.8 Å². The number of aliphatic hydroxyl groups is 2. The molecule has 0 bridgehead atoms. The molecule has 0 heterocycles. The van der Waals surface area contributed by atoms with Gasteiger partial charge in [0.25, 0.3) is 0 Å².